The van der Waals surface area contributed by atoms with E-state index in [1.165, 1.54) is 0 Å². The van der Waals surface area contributed by atoms with Crippen molar-refractivity contribution in [3.63, 3.8) is 0 Å². The van der Waals surface area contributed by atoms with E-state index in [4.69, 9.17) is 14.2 Å². The van der Waals surface area contributed by atoms with Gasteiger partial charge in [0, 0.05) is 58.9 Å². The van der Waals surface area contributed by atoms with Gasteiger partial charge in [-0.25, -0.2) is 0 Å². The zero-order chi connectivity index (χ0) is 26.3. The molecular weight excluding hydrogens is 495 g/mol. The van der Waals surface area contributed by atoms with E-state index in [1.54, 1.807) is 26.8 Å². The molecule has 0 spiro atoms. The van der Waals surface area contributed by atoms with Crippen molar-refractivity contribution < 1.29 is 43.6 Å². The van der Waals surface area contributed by atoms with Crippen LogP contribution in [0.5, 0.6) is 5.75 Å². The molecule has 0 amide bonds. The van der Waals surface area contributed by atoms with Gasteiger partial charge in [0.15, 0.2) is 0 Å². The molecule has 1 heterocycles. The maximum Gasteiger partial charge on any atom is 0.317 e. The fraction of sp³-hybridized carbons (Fsp3) is 0.636. The zero-order valence-corrected chi connectivity index (χ0v) is 21.3. The van der Waals surface area contributed by atoms with Crippen molar-refractivity contribution in [2.45, 2.75) is 6.10 Å². The number of nitrogens with zero attached hydrogens (tertiary/aromatic N) is 4. The average Bonchev–Trinajstić information content (AvgIpc) is 2.82. The van der Waals surface area contributed by atoms with Crippen molar-refractivity contribution in [1.29, 1.82) is 0 Å². The van der Waals surface area contributed by atoms with Crippen LogP contribution in [-0.2, 0) is 18.7 Å². The number of rotatable bonds is 12. The van der Waals surface area contributed by atoms with E-state index in [1.807, 2.05) is 23.1 Å². The predicted octanol–water partition coefficient (Wildman–Crippen LogP) is -0.827. The molecule has 0 radical (unpaired) electrons. The van der Waals surface area contributed by atoms with Crippen LogP contribution in [0.15, 0.2) is 30.3 Å². The molecule has 14 heteroatoms. The van der Waals surface area contributed by atoms with Crippen LogP contribution in [0.1, 0.15) is 0 Å². The summed E-state index contributed by atoms with van der Waals surface area (Å²) in [5.41, 5.74) is 0. The molecule has 1 saturated heterocycles. The van der Waals surface area contributed by atoms with Gasteiger partial charge in [0.05, 0.1) is 13.1 Å². The number of hydrogen-bond donors (Lipinski definition) is 4. The Hall–Kier alpha value is -2.09. The van der Waals surface area contributed by atoms with E-state index in [2.05, 4.69) is 0 Å². The number of carboxylic acids is 2. The molecule has 36 heavy (non-hydrogen) atoms. The first kappa shape index (κ1) is 30.1. The fourth-order valence-electron chi connectivity index (χ4n) is 3.80. The van der Waals surface area contributed by atoms with Crippen LogP contribution in [0, 0.1) is 0 Å². The average molecular weight is 533 g/mol. The summed E-state index contributed by atoms with van der Waals surface area (Å²) in [5, 5.41) is 29.2. The minimum Gasteiger partial charge on any atom is -0.491 e. The van der Waals surface area contributed by atoms with Crippen molar-refractivity contribution in [3.8, 4) is 5.75 Å². The molecule has 204 valence electrons. The van der Waals surface area contributed by atoms with Crippen LogP contribution < -0.4 is 4.74 Å². The van der Waals surface area contributed by atoms with E-state index in [9.17, 15) is 29.5 Å². The SMILES string of the molecule is O=C(O)CN1CCN(CO[PH](=O)O)CCN(CC(=O)O)CCN(CC(O)COc2ccccc2)CC1. The van der Waals surface area contributed by atoms with Gasteiger partial charge < -0.3 is 24.9 Å². The van der Waals surface area contributed by atoms with Crippen LogP contribution in [0.25, 0.3) is 0 Å². The highest BCUT2D eigenvalue weighted by Gasteiger charge is 2.21. The monoisotopic (exact) mass is 532 g/mol. The number of aliphatic carboxylic acids is 2. The summed E-state index contributed by atoms with van der Waals surface area (Å²) < 4.78 is 21.5. The molecule has 0 aromatic heterocycles. The largest absolute Gasteiger partial charge is 0.491 e. The molecule has 1 aliphatic rings. The molecule has 0 bridgehead atoms. The van der Waals surface area contributed by atoms with Gasteiger partial charge in [-0.05, 0) is 12.1 Å². The number of benzene rings is 1. The predicted molar refractivity (Wildman–Crippen MR) is 131 cm³/mol. The molecule has 1 aromatic carbocycles. The summed E-state index contributed by atoms with van der Waals surface area (Å²) in [7, 11) is -3.14. The highest BCUT2D eigenvalue weighted by atomic mass is 31.1. The quantitative estimate of drug-likeness (QED) is 0.247. The first-order chi connectivity index (χ1) is 17.2. The molecule has 4 N–H and O–H groups in total. The number of aliphatic hydroxyl groups excluding tert-OH is 1. The number of para-hydroxylation sites is 1. The van der Waals surface area contributed by atoms with Gasteiger partial charge in [-0.3, -0.25) is 38.3 Å². The second-order valence-electron chi connectivity index (χ2n) is 8.58. The minimum atomic E-state index is -3.14. The van der Waals surface area contributed by atoms with Crippen molar-refractivity contribution in [2.24, 2.45) is 0 Å². The van der Waals surface area contributed by atoms with Gasteiger partial charge in [-0.1, -0.05) is 18.2 Å². The molecule has 2 rings (SSSR count). The van der Waals surface area contributed by atoms with Crippen LogP contribution in [0.2, 0.25) is 0 Å². The highest BCUT2D eigenvalue weighted by Crippen LogP contribution is 2.15. The van der Waals surface area contributed by atoms with E-state index in [0.29, 0.717) is 58.1 Å². The summed E-state index contributed by atoms with van der Waals surface area (Å²) in [4.78, 5) is 39.0. The van der Waals surface area contributed by atoms with Crippen LogP contribution in [0.4, 0.5) is 0 Å². The van der Waals surface area contributed by atoms with Crippen molar-refractivity contribution in [3.05, 3.63) is 30.3 Å². The fourth-order valence-corrected chi connectivity index (χ4v) is 4.09. The lowest BCUT2D eigenvalue weighted by atomic mass is 10.3. The van der Waals surface area contributed by atoms with Gasteiger partial charge in [-0.2, -0.15) is 0 Å². The number of β-amino-alcohol motifs (C(OH)–C–C–N with tert-alkyl or cyclic N) is 1. The number of hydrogen-bond acceptors (Lipinski definition) is 10. The molecule has 2 atom stereocenters. The number of ether oxygens (including phenoxy) is 1. The lowest BCUT2D eigenvalue weighted by Gasteiger charge is -2.33. The molecule has 1 aromatic rings. The van der Waals surface area contributed by atoms with E-state index >= 15 is 0 Å². The molecule has 13 nitrogen and oxygen atoms in total. The maximum absolute atomic E-state index is 11.4. The molecular formula is C22H37N4O9P. The van der Waals surface area contributed by atoms with Crippen molar-refractivity contribution in [2.75, 3.05) is 85.3 Å². The van der Waals surface area contributed by atoms with Gasteiger partial charge in [0.2, 0.25) is 0 Å². The summed E-state index contributed by atoms with van der Waals surface area (Å²) in [5.74, 6) is -1.30. The summed E-state index contributed by atoms with van der Waals surface area (Å²) in [6.45, 7) is 3.10. The standard InChI is InChI=1S/C22H37N4O9P/c27-19(17-34-20-4-2-1-3-5-20)14-23-6-8-24(15-21(28)29)10-12-26(18-35-36(32)33)13-11-25(9-7-23)16-22(30)31/h1-5,19,27,36H,6-18H2,(H,28,29)(H,30,31)(H,32,33). The second kappa shape index (κ2) is 16.6. The van der Waals surface area contributed by atoms with Gasteiger partial charge in [-0.15, -0.1) is 0 Å². The third-order valence-corrected chi connectivity index (χ3v) is 6.05. The first-order valence-corrected chi connectivity index (χ1v) is 13.0. The Morgan fingerprint density at radius 2 is 1.31 bits per heavy atom. The number of aliphatic hydroxyl groups is 1. The van der Waals surface area contributed by atoms with Crippen LogP contribution in [-0.4, -0.2) is 143 Å². The number of carbonyl (C=O) groups is 2. The van der Waals surface area contributed by atoms with Crippen molar-refractivity contribution >= 4 is 20.2 Å². The second-order valence-corrected chi connectivity index (χ2v) is 9.40. The Morgan fingerprint density at radius 1 is 0.833 bits per heavy atom. The van der Waals surface area contributed by atoms with Gasteiger partial charge in [0.25, 0.3) is 0 Å². The Bertz CT molecular complexity index is 788. The Labute approximate surface area is 211 Å². The number of carboxylic acid groups (broad SMARTS) is 2. The highest BCUT2D eigenvalue weighted by molar-refractivity contribution is 7.32. The van der Waals surface area contributed by atoms with E-state index in [0.717, 1.165) is 0 Å². The Kier molecular flexibility index (Phi) is 13.9. The molecule has 1 aliphatic heterocycles. The van der Waals surface area contributed by atoms with Crippen LogP contribution in [0.3, 0.4) is 0 Å². The Balaban J connectivity index is 2.05. The lowest BCUT2D eigenvalue weighted by Crippen LogP contribution is -2.49. The van der Waals surface area contributed by atoms with E-state index in [-0.39, 0.29) is 33.0 Å². The summed E-state index contributed by atoms with van der Waals surface area (Å²) in [6.07, 6.45) is -0.798. The van der Waals surface area contributed by atoms with Gasteiger partial charge in [0.1, 0.15) is 25.2 Å². The minimum absolute atomic E-state index is 0.0845. The smallest absolute Gasteiger partial charge is 0.317 e. The normalized spacial score (nSPS) is 19.6. The molecule has 1 fully saturated rings. The summed E-state index contributed by atoms with van der Waals surface area (Å²) >= 11 is 0. The third kappa shape index (κ3) is 13.3. The van der Waals surface area contributed by atoms with E-state index < -0.39 is 26.3 Å². The third-order valence-electron chi connectivity index (χ3n) is 5.67. The maximum atomic E-state index is 11.4. The summed E-state index contributed by atoms with van der Waals surface area (Å²) in [6, 6.07) is 9.13. The molecule has 2 unspecified atom stereocenters. The Morgan fingerprint density at radius 3 is 1.78 bits per heavy atom. The van der Waals surface area contributed by atoms with Crippen molar-refractivity contribution in [1.82, 2.24) is 19.6 Å². The topological polar surface area (TPSA) is 164 Å². The molecule has 0 aliphatic carbocycles. The lowest BCUT2D eigenvalue weighted by molar-refractivity contribution is -0.139. The molecule has 0 saturated carbocycles. The van der Waals surface area contributed by atoms with Crippen LogP contribution >= 0.6 is 8.25 Å². The zero-order valence-electron chi connectivity index (χ0n) is 20.3. The first-order valence-electron chi connectivity index (χ1n) is 11.8. The van der Waals surface area contributed by atoms with Gasteiger partial charge >= 0.3 is 20.2 Å².